The molecule has 0 spiro atoms. The van der Waals surface area contributed by atoms with Gasteiger partial charge in [0.15, 0.2) is 17.8 Å². The van der Waals surface area contributed by atoms with E-state index in [9.17, 15) is 23.1 Å². The predicted octanol–water partition coefficient (Wildman–Crippen LogP) is 2.43. The van der Waals surface area contributed by atoms with Crippen LogP contribution < -0.4 is 24.8 Å². The van der Waals surface area contributed by atoms with Crippen LogP contribution in [0.2, 0.25) is 0 Å². The maximum atomic E-state index is 13.9. The van der Waals surface area contributed by atoms with Gasteiger partial charge in [-0.05, 0) is 55.0 Å². The highest BCUT2D eigenvalue weighted by molar-refractivity contribution is 7.89. The number of rotatable bonds is 16. The van der Waals surface area contributed by atoms with E-state index in [1.807, 2.05) is 26.0 Å². The molecule has 15 heteroatoms. The molecule has 48 heavy (non-hydrogen) atoms. The summed E-state index contributed by atoms with van der Waals surface area (Å²) < 4.78 is 62.4. The zero-order valence-corrected chi connectivity index (χ0v) is 28.3. The molecule has 2 aromatic carbocycles. The molecule has 5 rings (SSSR count). The summed E-state index contributed by atoms with van der Waals surface area (Å²) in [7, 11) is -4.08. The fraction of sp³-hybridized carbons (Fsp3) is 0.576. The maximum absolute atomic E-state index is 13.9. The number of ether oxygens (including phenoxy) is 6. The van der Waals surface area contributed by atoms with E-state index >= 15 is 0 Å². The summed E-state index contributed by atoms with van der Waals surface area (Å²) in [5.74, 6) is 1.18. The Bertz CT molecular complexity index is 1500. The van der Waals surface area contributed by atoms with Crippen LogP contribution in [-0.2, 0) is 35.4 Å². The molecule has 3 heterocycles. The minimum Gasteiger partial charge on any atom is -0.494 e. The molecule has 2 fully saturated rings. The Kier molecular flexibility index (Phi) is 12.0. The number of aliphatic hydroxyl groups is 1. The Morgan fingerprint density at radius 1 is 1.06 bits per heavy atom. The highest BCUT2D eigenvalue weighted by Crippen LogP contribution is 2.35. The second-order valence-electron chi connectivity index (χ2n) is 12.6. The topological polar surface area (TPSA) is 171 Å². The molecule has 0 saturated carbocycles. The van der Waals surface area contributed by atoms with Gasteiger partial charge in [-0.3, -0.25) is 4.79 Å². The fourth-order valence-corrected chi connectivity index (χ4v) is 7.49. The van der Waals surface area contributed by atoms with Gasteiger partial charge < -0.3 is 44.2 Å². The van der Waals surface area contributed by atoms with Crippen molar-refractivity contribution in [2.75, 3.05) is 46.2 Å². The Labute approximate surface area is 281 Å². The molecule has 5 atom stereocenters. The maximum Gasteiger partial charge on any atom is 0.407 e. The van der Waals surface area contributed by atoms with Crippen LogP contribution >= 0.6 is 0 Å². The SMILES string of the molecule is CC(=O)NCCCOc1ccc(C[C@H](NC(=O)O[C@H]2CO[C@H]3OCC[C@H]32)[C@H](O)CN(CC(C)C)S(=O)(=O)c2ccc3c(c2)OCO3)cc1. The van der Waals surface area contributed by atoms with Crippen molar-refractivity contribution in [3.8, 4) is 17.2 Å². The number of amides is 2. The number of aliphatic hydroxyl groups excluding tert-OH is 1. The number of hydrogen-bond donors (Lipinski definition) is 3. The molecule has 0 radical (unpaired) electrons. The lowest BCUT2D eigenvalue weighted by atomic mass is 10.0. The van der Waals surface area contributed by atoms with Crippen molar-refractivity contribution >= 4 is 22.0 Å². The van der Waals surface area contributed by atoms with Crippen LogP contribution in [-0.4, -0.2) is 101 Å². The molecule has 2 saturated heterocycles. The highest BCUT2D eigenvalue weighted by atomic mass is 32.2. The summed E-state index contributed by atoms with van der Waals surface area (Å²) in [4.78, 5) is 24.3. The van der Waals surface area contributed by atoms with Crippen molar-refractivity contribution in [3.05, 3.63) is 48.0 Å². The van der Waals surface area contributed by atoms with E-state index in [4.69, 9.17) is 28.4 Å². The van der Waals surface area contributed by atoms with Crippen LogP contribution in [0.5, 0.6) is 17.2 Å². The van der Waals surface area contributed by atoms with Crippen molar-refractivity contribution < 1.29 is 51.5 Å². The summed E-state index contributed by atoms with van der Waals surface area (Å²) in [6, 6.07) is 10.7. The molecule has 2 aromatic rings. The lowest BCUT2D eigenvalue weighted by Gasteiger charge is -2.31. The van der Waals surface area contributed by atoms with Gasteiger partial charge in [0.1, 0.15) is 11.9 Å². The highest BCUT2D eigenvalue weighted by Gasteiger charge is 2.44. The van der Waals surface area contributed by atoms with Crippen LogP contribution in [0.15, 0.2) is 47.4 Å². The zero-order valence-electron chi connectivity index (χ0n) is 27.5. The van der Waals surface area contributed by atoms with E-state index in [1.165, 1.54) is 23.4 Å². The molecule has 0 aromatic heterocycles. The number of carbonyl (C=O) groups is 2. The Morgan fingerprint density at radius 3 is 2.58 bits per heavy atom. The smallest absolute Gasteiger partial charge is 0.407 e. The van der Waals surface area contributed by atoms with Crippen molar-refractivity contribution in [1.82, 2.24) is 14.9 Å². The molecule has 14 nitrogen and oxygen atoms in total. The third-order valence-electron chi connectivity index (χ3n) is 8.30. The van der Waals surface area contributed by atoms with Crippen LogP contribution in [0.1, 0.15) is 39.2 Å². The molecule has 3 aliphatic heterocycles. The number of alkyl carbamates (subject to hydrolysis) is 1. The van der Waals surface area contributed by atoms with Crippen LogP contribution in [0.25, 0.3) is 0 Å². The minimum absolute atomic E-state index is 0.00379. The molecule has 0 unspecified atom stereocenters. The lowest BCUT2D eigenvalue weighted by Crippen LogP contribution is -2.51. The number of sulfonamides is 1. The van der Waals surface area contributed by atoms with E-state index in [-0.39, 0.29) is 55.5 Å². The van der Waals surface area contributed by atoms with Gasteiger partial charge in [-0.2, -0.15) is 4.31 Å². The summed E-state index contributed by atoms with van der Waals surface area (Å²) in [6.07, 6.45) is -1.43. The van der Waals surface area contributed by atoms with Gasteiger partial charge in [-0.15, -0.1) is 0 Å². The number of carbonyl (C=O) groups excluding carboxylic acids is 2. The van der Waals surface area contributed by atoms with Crippen molar-refractivity contribution in [3.63, 3.8) is 0 Å². The van der Waals surface area contributed by atoms with Crippen LogP contribution in [0.3, 0.4) is 0 Å². The second kappa shape index (κ2) is 16.2. The molecule has 0 bridgehead atoms. The second-order valence-corrected chi connectivity index (χ2v) is 14.5. The van der Waals surface area contributed by atoms with Gasteiger partial charge in [0.2, 0.25) is 22.7 Å². The standard InChI is InChI=1S/C33H45N3O11S/c1-21(2)17-36(48(40,41)25-9-10-29-30(16-25)46-20-45-29)18-28(38)27(35-33(39)47-31-19-44-32-26(31)11-14-43-32)15-23-5-7-24(8-6-23)42-13-4-12-34-22(3)37/h5-10,16,21,26-28,31-32,38H,4,11-15,17-20H2,1-3H3,(H,34,37)(H,35,39)/t26-,27-,28+,31-,32+/m0/s1. The number of fused-ring (bicyclic) bond motifs is 2. The zero-order chi connectivity index (χ0) is 34.3. The van der Waals surface area contributed by atoms with Gasteiger partial charge in [-0.1, -0.05) is 26.0 Å². The Morgan fingerprint density at radius 2 is 1.83 bits per heavy atom. The summed E-state index contributed by atoms with van der Waals surface area (Å²) >= 11 is 0. The predicted molar refractivity (Wildman–Crippen MR) is 172 cm³/mol. The average molecular weight is 692 g/mol. The van der Waals surface area contributed by atoms with E-state index in [0.717, 1.165) is 5.56 Å². The third kappa shape index (κ3) is 9.29. The first kappa shape index (κ1) is 35.7. The first-order valence-electron chi connectivity index (χ1n) is 16.2. The largest absolute Gasteiger partial charge is 0.494 e. The van der Waals surface area contributed by atoms with Gasteiger partial charge >= 0.3 is 6.09 Å². The van der Waals surface area contributed by atoms with Gasteiger partial charge in [0.25, 0.3) is 0 Å². The van der Waals surface area contributed by atoms with Crippen molar-refractivity contribution in [2.45, 2.75) is 69.5 Å². The van der Waals surface area contributed by atoms with Crippen molar-refractivity contribution in [2.24, 2.45) is 11.8 Å². The van der Waals surface area contributed by atoms with E-state index in [0.29, 0.717) is 49.8 Å². The van der Waals surface area contributed by atoms with E-state index < -0.39 is 40.7 Å². The molecular weight excluding hydrogens is 646 g/mol. The summed E-state index contributed by atoms with van der Waals surface area (Å²) in [5.41, 5.74) is 0.771. The number of nitrogens with zero attached hydrogens (tertiary/aromatic N) is 1. The first-order valence-corrected chi connectivity index (χ1v) is 17.7. The normalized spacial score (nSPS) is 21.2. The molecule has 2 amide bonds. The molecular formula is C33H45N3O11S. The first-order chi connectivity index (χ1) is 23.0. The summed E-state index contributed by atoms with van der Waals surface area (Å²) in [5, 5.41) is 17.1. The number of hydrogen-bond acceptors (Lipinski definition) is 11. The molecule has 3 aliphatic rings. The Balaban J connectivity index is 1.29. The molecule has 3 N–H and O–H groups in total. The van der Waals surface area contributed by atoms with Gasteiger partial charge in [0, 0.05) is 32.6 Å². The Hall–Kier alpha value is -3.63. The monoisotopic (exact) mass is 691 g/mol. The molecule has 264 valence electrons. The van der Waals surface area contributed by atoms with Gasteiger partial charge in [-0.25, -0.2) is 13.2 Å². The third-order valence-corrected chi connectivity index (χ3v) is 10.1. The fourth-order valence-electron chi connectivity index (χ4n) is 5.86. The van der Waals surface area contributed by atoms with E-state index in [1.54, 1.807) is 18.2 Å². The average Bonchev–Trinajstić information content (AvgIpc) is 3.79. The number of nitrogens with one attached hydrogen (secondary N) is 2. The summed E-state index contributed by atoms with van der Waals surface area (Å²) in [6.45, 7) is 6.72. The van der Waals surface area contributed by atoms with Crippen LogP contribution in [0.4, 0.5) is 4.79 Å². The van der Waals surface area contributed by atoms with E-state index in [2.05, 4.69) is 10.6 Å². The number of benzene rings is 2. The lowest BCUT2D eigenvalue weighted by molar-refractivity contribution is -0.118. The molecule has 0 aliphatic carbocycles. The minimum atomic E-state index is -4.08. The van der Waals surface area contributed by atoms with Crippen molar-refractivity contribution in [1.29, 1.82) is 0 Å². The quantitative estimate of drug-likeness (QED) is 0.221. The van der Waals surface area contributed by atoms with Crippen LogP contribution in [0, 0.1) is 11.8 Å². The van der Waals surface area contributed by atoms with Gasteiger partial charge in [0.05, 0.1) is 42.8 Å².